The number of primary amides is 1. The summed E-state index contributed by atoms with van der Waals surface area (Å²) in [5.74, 6) is 0.0846. The number of hydrogen-bond donors (Lipinski definition) is 2. The van der Waals surface area contributed by atoms with E-state index >= 15 is 0 Å². The molecule has 6 rings (SSSR count). The average Bonchev–Trinajstić information content (AvgIpc) is 3.42. The van der Waals surface area contributed by atoms with Gasteiger partial charge in [-0.05, 0) is 49.4 Å². The van der Waals surface area contributed by atoms with Crippen LogP contribution in [0.25, 0.3) is 10.9 Å². The summed E-state index contributed by atoms with van der Waals surface area (Å²) in [7, 11) is 0. The summed E-state index contributed by atoms with van der Waals surface area (Å²) in [6, 6.07) is 16.0. The summed E-state index contributed by atoms with van der Waals surface area (Å²) < 4.78 is 0. The number of hydrogen-bond acceptors (Lipinski definition) is 3. The van der Waals surface area contributed by atoms with Crippen molar-refractivity contribution in [3.63, 3.8) is 0 Å². The zero-order valence-electron chi connectivity index (χ0n) is 19.2. The minimum absolute atomic E-state index is 0.0342. The second kappa shape index (κ2) is 6.92. The molecule has 1 aliphatic heterocycles. The van der Waals surface area contributed by atoms with Crippen LogP contribution in [0.15, 0.2) is 48.5 Å². The molecule has 1 saturated heterocycles. The molecule has 2 aromatic carbocycles. The molecule has 0 unspecified atom stereocenters. The van der Waals surface area contributed by atoms with Gasteiger partial charge in [0, 0.05) is 22.9 Å². The summed E-state index contributed by atoms with van der Waals surface area (Å²) in [6.45, 7) is 3.95. The van der Waals surface area contributed by atoms with E-state index in [0.717, 1.165) is 40.7 Å². The monoisotopic (exact) mass is 442 g/mol. The lowest BCUT2D eigenvalue weighted by molar-refractivity contribution is -0.130. The average molecular weight is 443 g/mol. The second-order valence-electron chi connectivity index (χ2n) is 10.7. The Bertz CT molecular complexity index is 1250. The van der Waals surface area contributed by atoms with Gasteiger partial charge in [-0.25, -0.2) is 0 Å². The number of fused-ring (bicyclic) bond motifs is 1. The maximum Gasteiger partial charge on any atom is 0.233 e. The number of carbonyl (C=O) groups excluding carboxylic acids is 2. The van der Waals surface area contributed by atoms with Crippen molar-refractivity contribution < 1.29 is 9.59 Å². The van der Waals surface area contributed by atoms with Gasteiger partial charge in [0.1, 0.15) is 0 Å². The van der Waals surface area contributed by atoms with Gasteiger partial charge in [0.25, 0.3) is 0 Å². The molecule has 2 aliphatic carbocycles. The molecule has 2 heterocycles. The van der Waals surface area contributed by atoms with Gasteiger partial charge < -0.3 is 10.6 Å². The van der Waals surface area contributed by atoms with Crippen LogP contribution >= 0.6 is 0 Å². The summed E-state index contributed by atoms with van der Waals surface area (Å²) in [4.78, 5) is 28.5. The first-order valence-electron chi connectivity index (χ1n) is 12.0. The number of carbonyl (C=O) groups is 2. The number of aromatic amines is 1. The third kappa shape index (κ3) is 2.82. The maximum absolute atomic E-state index is 14.0. The number of anilines is 1. The molecule has 2 amide bonds. The molecular weight excluding hydrogens is 412 g/mol. The minimum atomic E-state index is -0.716. The first kappa shape index (κ1) is 20.5. The molecule has 3 fully saturated rings. The largest absolute Gasteiger partial charge is 0.369 e. The fourth-order valence-electron chi connectivity index (χ4n) is 6.39. The van der Waals surface area contributed by atoms with E-state index in [4.69, 9.17) is 5.73 Å². The van der Waals surface area contributed by atoms with Crippen LogP contribution in [-0.2, 0) is 9.59 Å². The number of aromatic nitrogens is 2. The van der Waals surface area contributed by atoms with E-state index in [9.17, 15) is 9.59 Å². The van der Waals surface area contributed by atoms with Crippen LogP contribution in [0, 0.1) is 16.7 Å². The Balaban J connectivity index is 1.49. The van der Waals surface area contributed by atoms with E-state index in [0.29, 0.717) is 5.92 Å². The fourth-order valence-corrected chi connectivity index (χ4v) is 6.39. The first-order valence-corrected chi connectivity index (χ1v) is 12.0. The third-order valence-electron chi connectivity index (χ3n) is 8.50. The number of rotatable bonds is 5. The van der Waals surface area contributed by atoms with Crippen LogP contribution in [0.3, 0.4) is 0 Å². The van der Waals surface area contributed by atoms with Gasteiger partial charge in [-0.15, -0.1) is 0 Å². The van der Waals surface area contributed by atoms with Crippen molar-refractivity contribution in [2.45, 2.75) is 57.9 Å². The molecule has 33 heavy (non-hydrogen) atoms. The molecule has 0 spiro atoms. The van der Waals surface area contributed by atoms with Crippen molar-refractivity contribution in [1.82, 2.24) is 10.2 Å². The predicted molar refractivity (Wildman–Crippen MR) is 127 cm³/mol. The molecule has 2 saturated carbocycles. The SMILES string of the molecule is CC1(C)C(=O)N(c2ccc3c(C4CCC4)n[nH]c3c2)[C@@H](c2ccccc2)[C@@H]1C1(C(N)=O)CC1. The second-order valence-corrected chi connectivity index (χ2v) is 10.7. The maximum atomic E-state index is 14.0. The Morgan fingerprint density at radius 1 is 1.12 bits per heavy atom. The summed E-state index contributed by atoms with van der Waals surface area (Å²) in [5.41, 5.74) is 8.55. The van der Waals surface area contributed by atoms with Gasteiger partial charge in [-0.1, -0.05) is 50.6 Å². The number of nitrogens with zero attached hydrogens (tertiary/aromatic N) is 2. The van der Waals surface area contributed by atoms with Crippen molar-refractivity contribution in [2.75, 3.05) is 4.90 Å². The number of nitrogens with one attached hydrogen (secondary N) is 1. The van der Waals surface area contributed by atoms with Gasteiger partial charge in [0.05, 0.1) is 28.1 Å². The van der Waals surface area contributed by atoms with Gasteiger partial charge in [-0.2, -0.15) is 5.10 Å². The Hall–Kier alpha value is -3.15. The Morgan fingerprint density at radius 2 is 1.85 bits per heavy atom. The lowest BCUT2D eigenvalue weighted by atomic mass is 9.67. The normalized spacial score (nSPS) is 25.9. The van der Waals surface area contributed by atoms with E-state index in [1.54, 1.807) is 0 Å². The minimum Gasteiger partial charge on any atom is -0.369 e. The summed E-state index contributed by atoms with van der Waals surface area (Å²) in [5, 5.41) is 8.95. The van der Waals surface area contributed by atoms with Crippen LogP contribution < -0.4 is 10.6 Å². The highest BCUT2D eigenvalue weighted by Crippen LogP contribution is 2.66. The van der Waals surface area contributed by atoms with Crippen molar-refractivity contribution in [3.8, 4) is 0 Å². The molecule has 1 aromatic heterocycles. The predicted octanol–water partition coefficient (Wildman–Crippen LogP) is 4.83. The van der Waals surface area contributed by atoms with Crippen molar-refractivity contribution in [1.29, 1.82) is 0 Å². The molecule has 0 bridgehead atoms. The zero-order chi connectivity index (χ0) is 23.0. The van der Waals surface area contributed by atoms with Gasteiger partial charge in [-0.3, -0.25) is 14.7 Å². The molecule has 2 atom stereocenters. The van der Waals surface area contributed by atoms with E-state index < -0.39 is 10.8 Å². The van der Waals surface area contributed by atoms with Crippen LogP contribution in [0.2, 0.25) is 0 Å². The molecule has 3 N–H and O–H groups in total. The smallest absolute Gasteiger partial charge is 0.233 e. The van der Waals surface area contributed by atoms with Gasteiger partial charge >= 0.3 is 0 Å². The van der Waals surface area contributed by atoms with Gasteiger partial charge in [0.15, 0.2) is 0 Å². The highest BCUT2D eigenvalue weighted by molar-refractivity contribution is 6.03. The topological polar surface area (TPSA) is 92.1 Å². The van der Waals surface area contributed by atoms with Gasteiger partial charge in [0.2, 0.25) is 11.8 Å². The number of amides is 2. The third-order valence-corrected chi connectivity index (χ3v) is 8.50. The first-order chi connectivity index (χ1) is 15.8. The van der Waals surface area contributed by atoms with Crippen LogP contribution in [-0.4, -0.2) is 22.0 Å². The molecule has 6 nitrogen and oxygen atoms in total. The zero-order valence-corrected chi connectivity index (χ0v) is 19.2. The Labute approximate surface area is 193 Å². The van der Waals surface area contributed by atoms with Crippen LogP contribution in [0.4, 0.5) is 5.69 Å². The highest BCUT2D eigenvalue weighted by Gasteiger charge is 2.68. The lowest BCUT2D eigenvalue weighted by Gasteiger charge is -2.35. The molecular formula is C27H30N4O2. The van der Waals surface area contributed by atoms with E-state index in [1.165, 1.54) is 19.3 Å². The standard InChI is InChI=1S/C27H30N4O2/c1-26(2)23(27(13-14-27)24(28)32)22(17-7-4-3-5-8-17)31(25(26)33)18-11-12-19-20(15-18)29-30-21(19)16-9-6-10-16/h3-5,7-8,11-12,15-16,22-23H,6,9-10,13-14H2,1-2H3,(H2,28,32)(H,29,30)/t22-,23-/m0/s1. The highest BCUT2D eigenvalue weighted by atomic mass is 16.2. The molecule has 6 heteroatoms. The Morgan fingerprint density at radius 3 is 2.45 bits per heavy atom. The van der Waals surface area contributed by atoms with E-state index in [1.807, 2.05) is 49.1 Å². The number of H-pyrrole nitrogens is 1. The molecule has 170 valence electrons. The molecule has 3 aliphatic rings. The molecule has 3 aromatic rings. The van der Waals surface area contributed by atoms with Crippen molar-refractivity contribution in [3.05, 3.63) is 59.8 Å². The van der Waals surface area contributed by atoms with Crippen LogP contribution in [0.5, 0.6) is 0 Å². The quantitative estimate of drug-likeness (QED) is 0.593. The lowest BCUT2D eigenvalue weighted by Crippen LogP contribution is -2.41. The van der Waals surface area contributed by atoms with E-state index in [-0.39, 0.29) is 23.8 Å². The summed E-state index contributed by atoms with van der Waals surface area (Å²) in [6.07, 6.45) is 5.12. The van der Waals surface area contributed by atoms with Crippen LogP contribution in [0.1, 0.15) is 69.2 Å². The Kier molecular flexibility index (Phi) is 4.29. The van der Waals surface area contributed by atoms with Crippen molar-refractivity contribution in [2.24, 2.45) is 22.5 Å². The fraction of sp³-hybridized carbons (Fsp3) is 0.444. The summed E-state index contributed by atoms with van der Waals surface area (Å²) >= 11 is 0. The van der Waals surface area contributed by atoms with Crippen molar-refractivity contribution >= 4 is 28.4 Å². The number of benzene rings is 2. The molecule has 0 radical (unpaired) electrons. The number of nitrogens with two attached hydrogens (primary N) is 1. The van der Waals surface area contributed by atoms with E-state index in [2.05, 4.69) is 28.4 Å².